The van der Waals surface area contributed by atoms with Crippen LogP contribution in [0.2, 0.25) is 0 Å². The van der Waals surface area contributed by atoms with Gasteiger partial charge in [0.2, 0.25) is 5.88 Å². The van der Waals surface area contributed by atoms with Gasteiger partial charge in [-0.05, 0) is 42.0 Å². The molecule has 0 saturated heterocycles. The van der Waals surface area contributed by atoms with Gasteiger partial charge in [-0.1, -0.05) is 12.1 Å². The molecule has 2 aromatic carbocycles. The van der Waals surface area contributed by atoms with Crippen molar-refractivity contribution >= 4 is 33.2 Å². The maximum atomic E-state index is 10.1. The van der Waals surface area contributed by atoms with Gasteiger partial charge in [-0.15, -0.1) is 0 Å². The van der Waals surface area contributed by atoms with Crippen molar-refractivity contribution in [3.63, 3.8) is 0 Å². The van der Waals surface area contributed by atoms with Gasteiger partial charge in [0.15, 0.2) is 0 Å². The van der Waals surface area contributed by atoms with Crippen molar-refractivity contribution in [3.05, 3.63) is 72.7 Å². The molecule has 0 bridgehead atoms. The predicted octanol–water partition coefficient (Wildman–Crippen LogP) is 3.96. The number of hydrogen-bond donors (Lipinski definition) is 1. The molecule has 8 nitrogen and oxygen atoms in total. The van der Waals surface area contributed by atoms with Crippen LogP contribution >= 0.6 is 0 Å². The van der Waals surface area contributed by atoms with E-state index in [2.05, 4.69) is 37.1 Å². The van der Waals surface area contributed by atoms with Crippen LogP contribution in [0.3, 0.4) is 0 Å². The Balaban J connectivity index is 1.30. The standard InChI is InChI=1S/C23H20N6O2/c1-28-13-16-11-18(7-8-20(16)27-28)29(2)17-5-3-15(4-6-17)14-31-23-25-21-12-24-10-9-19(21)22(30)26-23/h3-13H,14H2,1-2H3,(H,25,26,30). The fourth-order valence-corrected chi connectivity index (χ4v) is 3.47. The smallest absolute Gasteiger partial charge is 0.320 e. The lowest BCUT2D eigenvalue weighted by Crippen LogP contribution is -2.09. The first-order valence-corrected chi connectivity index (χ1v) is 9.76. The molecule has 0 saturated carbocycles. The highest BCUT2D eigenvalue weighted by atomic mass is 16.5. The van der Waals surface area contributed by atoms with Crippen LogP contribution in [0.15, 0.2) is 67.1 Å². The predicted molar refractivity (Wildman–Crippen MR) is 119 cm³/mol. The zero-order valence-electron chi connectivity index (χ0n) is 17.1. The second-order valence-corrected chi connectivity index (χ2v) is 7.28. The van der Waals surface area contributed by atoms with Crippen molar-refractivity contribution in [3.8, 4) is 11.9 Å². The maximum absolute atomic E-state index is 10.1. The molecule has 5 rings (SSSR count). The van der Waals surface area contributed by atoms with Crippen molar-refractivity contribution in [2.24, 2.45) is 7.05 Å². The van der Waals surface area contributed by atoms with Gasteiger partial charge in [0.05, 0.1) is 22.6 Å². The molecule has 3 heterocycles. The van der Waals surface area contributed by atoms with E-state index in [0.29, 0.717) is 10.9 Å². The Bertz CT molecular complexity index is 1380. The Hall–Kier alpha value is -4.20. The lowest BCUT2D eigenvalue weighted by Gasteiger charge is -2.20. The highest BCUT2D eigenvalue weighted by molar-refractivity contribution is 5.84. The number of benzene rings is 2. The molecule has 0 amide bonds. The van der Waals surface area contributed by atoms with E-state index < -0.39 is 0 Å². The summed E-state index contributed by atoms with van der Waals surface area (Å²) in [5.74, 6) is -0.120. The molecule has 0 aliphatic carbocycles. The van der Waals surface area contributed by atoms with Crippen molar-refractivity contribution in [2.45, 2.75) is 6.61 Å². The average Bonchev–Trinajstić information content (AvgIpc) is 3.17. The Morgan fingerprint density at radius 1 is 1.00 bits per heavy atom. The zero-order valence-corrected chi connectivity index (χ0v) is 17.1. The summed E-state index contributed by atoms with van der Waals surface area (Å²) in [6.07, 6.45) is 5.16. The third kappa shape index (κ3) is 3.71. The monoisotopic (exact) mass is 412 g/mol. The minimum Gasteiger partial charge on any atom is -0.493 e. The SMILES string of the molecule is CN(c1ccc(COc2nc(O)c3ccncc3n2)cc1)c1ccc2nn(C)cc2c1. The van der Waals surface area contributed by atoms with E-state index >= 15 is 0 Å². The van der Waals surface area contributed by atoms with Crippen LogP contribution in [0.25, 0.3) is 21.8 Å². The summed E-state index contributed by atoms with van der Waals surface area (Å²) in [6.45, 7) is 0.289. The molecule has 3 aromatic heterocycles. The molecule has 0 spiro atoms. The number of pyridine rings is 1. The maximum Gasteiger partial charge on any atom is 0.320 e. The van der Waals surface area contributed by atoms with E-state index in [1.54, 1.807) is 18.5 Å². The van der Waals surface area contributed by atoms with Gasteiger partial charge in [0.1, 0.15) is 6.61 Å². The normalized spacial score (nSPS) is 11.2. The van der Waals surface area contributed by atoms with Gasteiger partial charge in [-0.3, -0.25) is 9.67 Å². The first kappa shape index (κ1) is 18.8. The van der Waals surface area contributed by atoms with Crippen molar-refractivity contribution in [2.75, 3.05) is 11.9 Å². The summed E-state index contributed by atoms with van der Waals surface area (Å²) in [4.78, 5) is 14.4. The topological polar surface area (TPSA) is 89.2 Å². The Kier molecular flexibility index (Phi) is 4.59. The molecule has 0 radical (unpaired) electrons. The van der Waals surface area contributed by atoms with Crippen LogP contribution in [0.4, 0.5) is 11.4 Å². The molecular formula is C23H20N6O2. The largest absolute Gasteiger partial charge is 0.493 e. The third-order valence-electron chi connectivity index (χ3n) is 5.14. The van der Waals surface area contributed by atoms with E-state index in [1.807, 2.05) is 55.3 Å². The van der Waals surface area contributed by atoms with Gasteiger partial charge >= 0.3 is 6.01 Å². The van der Waals surface area contributed by atoms with Gasteiger partial charge in [0, 0.05) is 43.3 Å². The number of aromatic nitrogens is 5. The number of fused-ring (bicyclic) bond motifs is 2. The molecule has 0 fully saturated rings. The molecule has 0 unspecified atom stereocenters. The van der Waals surface area contributed by atoms with Crippen molar-refractivity contribution in [1.82, 2.24) is 24.7 Å². The van der Waals surface area contributed by atoms with E-state index in [4.69, 9.17) is 4.74 Å². The minimum atomic E-state index is -0.120. The first-order valence-electron chi connectivity index (χ1n) is 9.76. The molecule has 0 aliphatic rings. The van der Waals surface area contributed by atoms with Crippen LogP contribution in [0.5, 0.6) is 11.9 Å². The Labute approximate surface area is 178 Å². The van der Waals surface area contributed by atoms with Crippen LogP contribution < -0.4 is 9.64 Å². The number of hydrogen-bond acceptors (Lipinski definition) is 7. The molecule has 31 heavy (non-hydrogen) atoms. The fraction of sp³-hybridized carbons (Fsp3) is 0.130. The van der Waals surface area contributed by atoms with E-state index in [0.717, 1.165) is 27.8 Å². The second kappa shape index (κ2) is 7.56. The number of nitrogens with zero attached hydrogens (tertiary/aromatic N) is 6. The minimum absolute atomic E-state index is 0.115. The number of aromatic hydroxyl groups is 1. The molecule has 1 N–H and O–H groups in total. The zero-order chi connectivity index (χ0) is 21.4. The first-order chi connectivity index (χ1) is 15.1. The molecule has 0 aliphatic heterocycles. The Morgan fingerprint density at radius 2 is 1.81 bits per heavy atom. The molecule has 5 aromatic rings. The molecule has 8 heteroatoms. The highest BCUT2D eigenvalue weighted by Crippen LogP contribution is 2.27. The fourth-order valence-electron chi connectivity index (χ4n) is 3.47. The number of ether oxygens (including phenoxy) is 1. The van der Waals surface area contributed by atoms with E-state index in [9.17, 15) is 5.11 Å². The highest BCUT2D eigenvalue weighted by Gasteiger charge is 2.09. The van der Waals surface area contributed by atoms with Crippen molar-refractivity contribution in [1.29, 1.82) is 0 Å². The second-order valence-electron chi connectivity index (χ2n) is 7.28. The van der Waals surface area contributed by atoms with Gasteiger partial charge < -0.3 is 14.7 Å². The van der Waals surface area contributed by atoms with Gasteiger partial charge in [-0.25, -0.2) is 0 Å². The lowest BCUT2D eigenvalue weighted by atomic mass is 10.2. The number of anilines is 2. The summed E-state index contributed by atoms with van der Waals surface area (Å²) < 4.78 is 7.50. The summed E-state index contributed by atoms with van der Waals surface area (Å²) in [7, 11) is 3.95. The Morgan fingerprint density at radius 3 is 2.65 bits per heavy atom. The van der Waals surface area contributed by atoms with Crippen LogP contribution in [-0.2, 0) is 13.7 Å². The summed E-state index contributed by atoms with van der Waals surface area (Å²) >= 11 is 0. The van der Waals surface area contributed by atoms with Crippen LogP contribution in [0, 0.1) is 0 Å². The van der Waals surface area contributed by atoms with Crippen LogP contribution in [0.1, 0.15) is 5.56 Å². The number of rotatable bonds is 5. The third-order valence-corrected chi connectivity index (χ3v) is 5.14. The number of aryl methyl sites for hydroxylation is 1. The quantitative estimate of drug-likeness (QED) is 0.467. The van der Waals surface area contributed by atoms with Gasteiger partial charge in [0.25, 0.3) is 0 Å². The molecule has 0 atom stereocenters. The lowest BCUT2D eigenvalue weighted by molar-refractivity contribution is 0.277. The molecular weight excluding hydrogens is 392 g/mol. The van der Waals surface area contributed by atoms with Crippen molar-refractivity contribution < 1.29 is 9.84 Å². The van der Waals surface area contributed by atoms with Gasteiger partial charge in [-0.2, -0.15) is 15.1 Å². The van der Waals surface area contributed by atoms with Crippen LogP contribution in [-0.4, -0.2) is 36.9 Å². The summed E-state index contributed by atoms with van der Waals surface area (Å²) in [5.41, 5.74) is 4.61. The molecule has 154 valence electrons. The van der Waals surface area contributed by atoms with E-state index in [-0.39, 0.29) is 18.5 Å². The summed E-state index contributed by atoms with van der Waals surface area (Å²) in [6, 6.07) is 16.1. The average molecular weight is 412 g/mol. The van der Waals surface area contributed by atoms with E-state index in [1.165, 1.54) is 0 Å². The summed E-state index contributed by atoms with van der Waals surface area (Å²) in [5, 5.41) is 16.1.